The molecule has 0 aliphatic rings. The maximum Gasteiger partial charge on any atom is 0.573 e. The molecule has 3 aromatic rings. The average Bonchev–Trinajstić information content (AvgIpc) is 2.74. The zero-order valence-electron chi connectivity index (χ0n) is 16.0. The Morgan fingerprint density at radius 3 is 2.19 bits per heavy atom. The zero-order chi connectivity index (χ0) is 22.4. The third-order valence-electron chi connectivity index (χ3n) is 3.88. The molecule has 3 rings (SSSR count). The van der Waals surface area contributed by atoms with Crippen LogP contribution in [0.5, 0.6) is 11.5 Å². The van der Waals surface area contributed by atoms with Crippen molar-refractivity contribution in [1.82, 2.24) is 15.4 Å². The number of carbonyl (C=O) groups excluding carboxylic acids is 1. The van der Waals surface area contributed by atoms with Gasteiger partial charge in [0.15, 0.2) is 11.6 Å². The highest BCUT2D eigenvalue weighted by atomic mass is 19.4. The van der Waals surface area contributed by atoms with Crippen molar-refractivity contribution in [2.24, 2.45) is 0 Å². The number of methoxy groups -OCH3 is 1. The fourth-order valence-corrected chi connectivity index (χ4v) is 2.40. The van der Waals surface area contributed by atoms with Crippen molar-refractivity contribution in [2.45, 2.75) is 6.36 Å². The molecule has 0 saturated carbocycles. The summed E-state index contributed by atoms with van der Waals surface area (Å²) in [5.41, 5.74) is 12.0. The Hall–Kier alpha value is -4.22. The number of anilines is 4. The van der Waals surface area contributed by atoms with Crippen LogP contribution in [0.15, 0.2) is 54.9 Å². The summed E-state index contributed by atoms with van der Waals surface area (Å²) in [5.74, 6) is 0.114. The van der Waals surface area contributed by atoms with Gasteiger partial charge in [-0.3, -0.25) is 15.6 Å². The second kappa shape index (κ2) is 9.07. The molecule has 0 unspecified atom stereocenters. The van der Waals surface area contributed by atoms with E-state index in [0.29, 0.717) is 17.0 Å². The molecule has 0 saturated heterocycles. The van der Waals surface area contributed by atoms with E-state index in [4.69, 9.17) is 10.5 Å². The van der Waals surface area contributed by atoms with E-state index in [1.54, 1.807) is 24.3 Å². The predicted octanol–water partition coefficient (Wildman–Crippen LogP) is 3.47. The van der Waals surface area contributed by atoms with Crippen molar-refractivity contribution in [1.29, 1.82) is 0 Å². The minimum atomic E-state index is -4.77. The Kier molecular flexibility index (Phi) is 6.29. The molecule has 1 heterocycles. The van der Waals surface area contributed by atoms with E-state index in [-0.39, 0.29) is 23.1 Å². The van der Waals surface area contributed by atoms with Crippen LogP contribution in [0.25, 0.3) is 0 Å². The number of rotatable bonds is 7. The molecular formula is C19H17F3N6O3. The number of ether oxygens (including phenoxy) is 2. The number of carbonyl (C=O) groups is 1. The summed E-state index contributed by atoms with van der Waals surface area (Å²) in [6.07, 6.45) is -3.58. The van der Waals surface area contributed by atoms with Gasteiger partial charge in [-0.25, -0.2) is 9.97 Å². The number of nitrogen functional groups attached to an aromatic ring is 1. The molecule has 0 radical (unpaired) electrons. The molecule has 1 aromatic heterocycles. The van der Waals surface area contributed by atoms with Gasteiger partial charge in [-0.1, -0.05) is 0 Å². The van der Waals surface area contributed by atoms with Crippen molar-refractivity contribution in [3.63, 3.8) is 0 Å². The van der Waals surface area contributed by atoms with Crippen LogP contribution in [0.2, 0.25) is 0 Å². The highest BCUT2D eigenvalue weighted by Gasteiger charge is 2.30. The van der Waals surface area contributed by atoms with Crippen molar-refractivity contribution < 1.29 is 27.4 Å². The summed E-state index contributed by atoms with van der Waals surface area (Å²) < 4.78 is 45.6. The number of nitrogens with zero attached hydrogens (tertiary/aromatic N) is 2. The summed E-state index contributed by atoms with van der Waals surface area (Å²) in [6.45, 7) is 0. The van der Waals surface area contributed by atoms with E-state index in [2.05, 4.69) is 30.9 Å². The first-order valence-corrected chi connectivity index (χ1v) is 8.69. The lowest BCUT2D eigenvalue weighted by Crippen LogP contribution is -2.30. The summed E-state index contributed by atoms with van der Waals surface area (Å²) >= 11 is 0. The Bertz CT molecular complexity index is 1040. The summed E-state index contributed by atoms with van der Waals surface area (Å²) in [4.78, 5) is 20.2. The molecule has 0 fully saturated rings. The molecular weight excluding hydrogens is 417 g/mol. The van der Waals surface area contributed by atoms with Crippen molar-refractivity contribution >= 4 is 28.9 Å². The van der Waals surface area contributed by atoms with Crippen LogP contribution in [-0.2, 0) is 0 Å². The molecule has 31 heavy (non-hydrogen) atoms. The van der Waals surface area contributed by atoms with Gasteiger partial charge in [0.05, 0.1) is 7.11 Å². The van der Waals surface area contributed by atoms with Crippen LogP contribution >= 0.6 is 0 Å². The Morgan fingerprint density at radius 2 is 1.58 bits per heavy atom. The number of nitrogens with one attached hydrogen (secondary N) is 3. The second-order valence-electron chi connectivity index (χ2n) is 5.99. The number of nitrogens with two attached hydrogens (primary N) is 1. The van der Waals surface area contributed by atoms with Crippen molar-refractivity contribution in [3.8, 4) is 11.5 Å². The van der Waals surface area contributed by atoms with Crippen LogP contribution in [0.3, 0.4) is 0 Å². The fraction of sp³-hybridized carbons (Fsp3) is 0.105. The lowest BCUT2D eigenvalue weighted by Gasteiger charge is -2.14. The van der Waals surface area contributed by atoms with Crippen LogP contribution in [0, 0.1) is 0 Å². The molecule has 162 valence electrons. The van der Waals surface area contributed by atoms with Gasteiger partial charge in [-0.2, -0.15) is 0 Å². The van der Waals surface area contributed by atoms with Gasteiger partial charge in [-0.05, 0) is 48.5 Å². The maximum absolute atomic E-state index is 12.2. The molecule has 2 aromatic carbocycles. The first-order valence-electron chi connectivity index (χ1n) is 8.69. The Morgan fingerprint density at radius 1 is 0.968 bits per heavy atom. The van der Waals surface area contributed by atoms with E-state index < -0.39 is 12.3 Å². The fourth-order valence-electron chi connectivity index (χ4n) is 2.40. The number of hydrogen-bond acceptors (Lipinski definition) is 8. The van der Waals surface area contributed by atoms with Crippen LogP contribution in [-0.4, -0.2) is 29.3 Å². The highest BCUT2D eigenvalue weighted by molar-refractivity contribution is 5.95. The van der Waals surface area contributed by atoms with Crippen LogP contribution < -0.4 is 31.4 Å². The van der Waals surface area contributed by atoms with E-state index >= 15 is 0 Å². The van der Waals surface area contributed by atoms with Gasteiger partial charge >= 0.3 is 6.36 Å². The van der Waals surface area contributed by atoms with Crippen molar-refractivity contribution in [2.75, 3.05) is 23.6 Å². The number of aromatic nitrogens is 2. The first kappa shape index (κ1) is 21.5. The topological polar surface area (TPSA) is 123 Å². The number of alkyl halides is 3. The number of hydrogen-bond donors (Lipinski definition) is 4. The lowest BCUT2D eigenvalue weighted by molar-refractivity contribution is -0.274. The van der Waals surface area contributed by atoms with Crippen LogP contribution in [0.1, 0.15) is 10.4 Å². The number of hydrazine groups is 1. The number of halogens is 3. The lowest BCUT2D eigenvalue weighted by atomic mass is 10.2. The van der Waals surface area contributed by atoms with Crippen molar-refractivity contribution in [3.05, 3.63) is 60.4 Å². The summed E-state index contributed by atoms with van der Waals surface area (Å²) in [5, 5.41) is 2.86. The predicted molar refractivity (Wildman–Crippen MR) is 107 cm³/mol. The average molecular weight is 434 g/mol. The van der Waals surface area contributed by atoms with Gasteiger partial charge in [-0.15, -0.1) is 13.2 Å². The number of amides is 1. The largest absolute Gasteiger partial charge is 0.573 e. The summed E-state index contributed by atoms with van der Waals surface area (Å²) in [7, 11) is 1.52. The van der Waals surface area contributed by atoms with Gasteiger partial charge in [0.25, 0.3) is 5.91 Å². The SMILES string of the molecule is COc1ccc(C(=O)NNc2ncnc(Nc3ccc(OC(F)(F)F)cc3)c2N)cc1. The minimum Gasteiger partial charge on any atom is -0.497 e. The Balaban J connectivity index is 1.64. The maximum atomic E-state index is 12.2. The standard InChI is InChI=1S/C19H17F3N6O3/c1-30-13-6-2-11(3-7-13)18(29)28-27-17-15(23)16(24-10-25-17)26-12-4-8-14(9-5-12)31-19(20,21)22/h2-10H,23H2,1H3,(H,28,29)(H2,24,25,26,27). The smallest absolute Gasteiger partial charge is 0.497 e. The molecule has 0 aliphatic heterocycles. The first-order chi connectivity index (χ1) is 14.7. The zero-order valence-corrected chi connectivity index (χ0v) is 16.0. The highest BCUT2D eigenvalue weighted by Crippen LogP contribution is 2.28. The Labute approximate surface area is 174 Å². The number of benzene rings is 2. The second-order valence-corrected chi connectivity index (χ2v) is 5.99. The molecule has 5 N–H and O–H groups in total. The monoisotopic (exact) mass is 434 g/mol. The van der Waals surface area contributed by atoms with E-state index in [1.807, 2.05) is 0 Å². The van der Waals surface area contributed by atoms with E-state index in [9.17, 15) is 18.0 Å². The van der Waals surface area contributed by atoms with E-state index in [1.165, 1.54) is 25.6 Å². The molecule has 0 aliphatic carbocycles. The summed E-state index contributed by atoms with van der Waals surface area (Å²) in [6, 6.07) is 11.4. The van der Waals surface area contributed by atoms with E-state index in [0.717, 1.165) is 12.1 Å². The third-order valence-corrected chi connectivity index (χ3v) is 3.88. The molecule has 0 bridgehead atoms. The third kappa shape index (κ3) is 5.88. The van der Waals surface area contributed by atoms with Gasteiger partial charge in [0.2, 0.25) is 0 Å². The normalized spacial score (nSPS) is 10.8. The van der Waals surface area contributed by atoms with Gasteiger partial charge < -0.3 is 20.5 Å². The molecule has 1 amide bonds. The molecule has 0 atom stereocenters. The molecule has 12 heteroatoms. The molecule has 9 nitrogen and oxygen atoms in total. The molecule has 0 spiro atoms. The van der Waals surface area contributed by atoms with Gasteiger partial charge in [0, 0.05) is 11.3 Å². The quantitative estimate of drug-likeness (QED) is 0.417. The minimum absolute atomic E-state index is 0.0770. The van der Waals surface area contributed by atoms with Crippen LogP contribution in [0.4, 0.5) is 36.2 Å². The van der Waals surface area contributed by atoms with Gasteiger partial charge in [0.1, 0.15) is 23.5 Å².